The number of allylic oxidation sites excluding steroid dienone is 1. The van der Waals surface area contributed by atoms with E-state index in [0.29, 0.717) is 16.7 Å². The third-order valence-electron chi connectivity index (χ3n) is 11.0. The number of hydrogen-bond donors (Lipinski definition) is 2. The van der Waals surface area contributed by atoms with Gasteiger partial charge in [-0.3, -0.25) is 0 Å². The summed E-state index contributed by atoms with van der Waals surface area (Å²) >= 11 is 0. The summed E-state index contributed by atoms with van der Waals surface area (Å²) in [5.41, 5.74) is 1.41. The molecule has 0 aliphatic heterocycles. The molecule has 0 heterocycles. The molecule has 4 aliphatic carbocycles. The van der Waals surface area contributed by atoms with Gasteiger partial charge in [-0.1, -0.05) is 39.3 Å². The minimum atomic E-state index is -0.494. The molecule has 0 radical (unpaired) electrons. The highest BCUT2D eigenvalue weighted by Crippen LogP contribution is 2.67. The first-order valence-corrected chi connectivity index (χ1v) is 13.1. The Morgan fingerprint density at radius 3 is 2.53 bits per heavy atom. The lowest BCUT2D eigenvalue weighted by atomic mass is 9.46. The Balaban J connectivity index is 1.51. The molecule has 172 valence electrons. The van der Waals surface area contributed by atoms with Crippen molar-refractivity contribution in [1.29, 1.82) is 0 Å². The summed E-state index contributed by atoms with van der Waals surface area (Å²) in [5, 5.41) is 21.2. The van der Waals surface area contributed by atoms with Crippen LogP contribution < -0.4 is 0 Å². The molecule has 4 rings (SSSR count). The van der Waals surface area contributed by atoms with Crippen molar-refractivity contribution in [2.24, 2.45) is 40.4 Å². The lowest BCUT2D eigenvalue weighted by Gasteiger charge is -2.59. The summed E-state index contributed by atoms with van der Waals surface area (Å²) < 4.78 is 0. The molecule has 0 spiro atoms. The third kappa shape index (κ3) is 3.72. The second-order valence-electron chi connectivity index (χ2n) is 13.0. The van der Waals surface area contributed by atoms with Gasteiger partial charge in [0.2, 0.25) is 0 Å². The van der Waals surface area contributed by atoms with Gasteiger partial charge in [0.1, 0.15) is 0 Å². The normalized spacial score (nSPS) is 48.7. The second-order valence-corrected chi connectivity index (χ2v) is 13.0. The lowest BCUT2D eigenvalue weighted by molar-refractivity contribution is -0.0715. The van der Waals surface area contributed by atoms with Gasteiger partial charge in [-0.15, -0.1) is 0 Å². The summed E-state index contributed by atoms with van der Waals surface area (Å²) in [6.07, 6.45) is 15.4. The molecule has 2 N–H and O–H groups in total. The molecule has 2 nitrogen and oxygen atoms in total. The maximum Gasteiger partial charge on any atom is 0.0657 e. The Hall–Kier alpha value is -0.340. The van der Waals surface area contributed by atoms with Crippen LogP contribution in [0.25, 0.3) is 0 Å². The van der Waals surface area contributed by atoms with Crippen LogP contribution in [0.5, 0.6) is 0 Å². The van der Waals surface area contributed by atoms with Crippen molar-refractivity contribution in [3.05, 3.63) is 11.6 Å². The van der Waals surface area contributed by atoms with Crippen molar-refractivity contribution in [3.8, 4) is 0 Å². The number of aliphatic hydroxyl groups is 2. The summed E-state index contributed by atoms with van der Waals surface area (Å²) in [6, 6.07) is 0. The average Bonchev–Trinajstić information content (AvgIpc) is 3.04. The first-order valence-electron chi connectivity index (χ1n) is 13.1. The quantitative estimate of drug-likeness (QED) is 0.479. The van der Waals surface area contributed by atoms with E-state index in [1.807, 2.05) is 13.8 Å². The van der Waals surface area contributed by atoms with E-state index >= 15 is 0 Å². The highest BCUT2D eigenvalue weighted by molar-refractivity contribution is 5.26. The molecule has 2 heteroatoms. The fourth-order valence-corrected chi connectivity index (χ4v) is 8.70. The molecule has 1 unspecified atom stereocenters. The van der Waals surface area contributed by atoms with Crippen molar-refractivity contribution in [3.63, 3.8) is 0 Å². The van der Waals surface area contributed by atoms with Gasteiger partial charge >= 0.3 is 0 Å². The molecule has 0 aromatic rings. The zero-order chi connectivity index (χ0) is 21.9. The summed E-state index contributed by atoms with van der Waals surface area (Å²) in [6.45, 7) is 13.8. The third-order valence-corrected chi connectivity index (χ3v) is 11.0. The van der Waals surface area contributed by atoms with Gasteiger partial charge in [0.15, 0.2) is 0 Å². The Morgan fingerprint density at radius 2 is 1.83 bits per heavy atom. The maximum atomic E-state index is 10.7. The van der Waals surface area contributed by atoms with Crippen molar-refractivity contribution in [1.82, 2.24) is 0 Å². The Morgan fingerprint density at radius 1 is 1.10 bits per heavy atom. The van der Waals surface area contributed by atoms with E-state index in [2.05, 4.69) is 33.8 Å². The molecular weight excluding hydrogens is 368 g/mol. The average molecular weight is 417 g/mol. The van der Waals surface area contributed by atoms with Gasteiger partial charge in [0.05, 0.1) is 11.2 Å². The van der Waals surface area contributed by atoms with Crippen LogP contribution in [-0.4, -0.2) is 21.4 Å². The Labute approximate surface area is 185 Å². The van der Waals surface area contributed by atoms with Gasteiger partial charge in [0, 0.05) is 0 Å². The molecule has 3 saturated carbocycles. The van der Waals surface area contributed by atoms with Gasteiger partial charge in [-0.2, -0.15) is 0 Å². The summed E-state index contributed by atoms with van der Waals surface area (Å²) in [7, 11) is 0. The standard InChI is InChI=1S/C28H48O2/c1-7-25(3,29)14-12-19(2)22-10-11-23-21-9-8-20-18-26(4,30)16-17-27(20,5)24(21)13-15-28(22,23)6/h8,19,21-24,29-30H,7,9-18H2,1-6H3/t19-,21+,22?,23+,24+,25+,26+,27+,28-/m1/s1. The van der Waals surface area contributed by atoms with Crippen LogP contribution in [0.1, 0.15) is 112 Å². The molecule has 30 heavy (non-hydrogen) atoms. The first kappa shape index (κ1) is 22.8. The van der Waals surface area contributed by atoms with Crippen LogP contribution in [0.4, 0.5) is 0 Å². The van der Waals surface area contributed by atoms with E-state index < -0.39 is 11.2 Å². The van der Waals surface area contributed by atoms with E-state index in [1.54, 1.807) is 5.57 Å². The molecule has 3 fully saturated rings. The monoisotopic (exact) mass is 416 g/mol. The molecular formula is C28H48O2. The minimum Gasteiger partial charge on any atom is -0.390 e. The fraction of sp³-hybridized carbons (Fsp3) is 0.929. The highest BCUT2D eigenvalue weighted by atomic mass is 16.3. The van der Waals surface area contributed by atoms with E-state index in [0.717, 1.165) is 49.4 Å². The minimum absolute atomic E-state index is 0.329. The van der Waals surface area contributed by atoms with Crippen LogP contribution in [-0.2, 0) is 0 Å². The van der Waals surface area contributed by atoms with Crippen LogP contribution in [0.2, 0.25) is 0 Å². The van der Waals surface area contributed by atoms with Gasteiger partial charge in [-0.05, 0) is 125 Å². The number of rotatable bonds is 5. The van der Waals surface area contributed by atoms with E-state index in [1.165, 1.54) is 44.9 Å². The van der Waals surface area contributed by atoms with Crippen LogP contribution >= 0.6 is 0 Å². The molecule has 0 saturated heterocycles. The SMILES string of the molecule is CC[C@](C)(O)CC[C@@H](C)C1CC[C@H]2[C@@H]3CC=C4C[C@@](C)(O)CC[C@]4(C)[C@H]3CC[C@]12C. The van der Waals surface area contributed by atoms with Crippen LogP contribution in [0.15, 0.2) is 11.6 Å². The zero-order valence-electron chi connectivity index (χ0n) is 20.6. The van der Waals surface area contributed by atoms with E-state index in [4.69, 9.17) is 0 Å². The van der Waals surface area contributed by atoms with Crippen molar-refractivity contribution < 1.29 is 10.2 Å². The van der Waals surface area contributed by atoms with Crippen LogP contribution in [0.3, 0.4) is 0 Å². The van der Waals surface area contributed by atoms with Crippen molar-refractivity contribution >= 4 is 0 Å². The molecule has 0 bridgehead atoms. The smallest absolute Gasteiger partial charge is 0.0657 e. The van der Waals surface area contributed by atoms with Crippen LogP contribution in [0, 0.1) is 40.4 Å². The molecule has 4 aliphatic rings. The second kappa shape index (κ2) is 7.62. The van der Waals surface area contributed by atoms with Gasteiger partial charge in [-0.25, -0.2) is 0 Å². The predicted octanol–water partition coefficient (Wildman–Crippen LogP) is 6.89. The summed E-state index contributed by atoms with van der Waals surface area (Å²) in [5.74, 6) is 4.07. The van der Waals surface area contributed by atoms with E-state index in [-0.39, 0.29) is 0 Å². The largest absolute Gasteiger partial charge is 0.390 e. The molecule has 0 aromatic heterocycles. The number of fused-ring (bicyclic) bond motifs is 5. The maximum absolute atomic E-state index is 10.7. The topological polar surface area (TPSA) is 40.5 Å². The zero-order valence-corrected chi connectivity index (χ0v) is 20.6. The molecule has 0 amide bonds. The lowest BCUT2D eigenvalue weighted by Crippen LogP contribution is -2.52. The van der Waals surface area contributed by atoms with Gasteiger partial charge < -0.3 is 10.2 Å². The fourth-order valence-electron chi connectivity index (χ4n) is 8.70. The molecule has 9 atom stereocenters. The number of hydrogen-bond acceptors (Lipinski definition) is 2. The Kier molecular flexibility index (Phi) is 5.80. The van der Waals surface area contributed by atoms with E-state index in [9.17, 15) is 10.2 Å². The Bertz CT molecular complexity index is 676. The highest BCUT2D eigenvalue weighted by Gasteiger charge is 2.59. The van der Waals surface area contributed by atoms with Crippen molar-refractivity contribution in [2.75, 3.05) is 0 Å². The predicted molar refractivity (Wildman–Crippen MR) is 125 cm³/mol. The van der Waals surface area contributed by atoms with Crippen molar-refractivity contribution in [2.45, 2.75) is 123 Å². The summed E-state index contributed by atoms with van der Waals surface area (Å²) in [4.78, 5) is 0. The van der Waals surface area contributed by atoms with Gasteiger partial charge in [0.25, 0.3) is 0 Å². The molecule has 0 aromatic carbocycles. The first-order chi connectivity index (χ1) is 13.9.